The monoisotopic (exact) mass is 238 g/mol. The van der Waals surface area contributed by atoms with Crippen LogP contribution in [0, 0.1) is 17.3 Å². The molecule has 0 aromatic heterocycles. The Bertz CT molecular complexity index is 196. The molecule has 0 heterocycles. The molecule has 1 saturated carbocycles. The minimum Gasteiger partial charge on any atom is -0.0654 e. The van der Waals surface area contributed by atoms with Gasteiger partial charge in [0.2, 0.25) is 0 Å². The van der Waals surface area contributed by atoms with Gasteiger partial charge in [-0.3, -0.25) is 0 Å². The van der Waals surface area contributed by atoms with E-state index in [0.29, 0.717) is 0 Å². The molecule has 0 saturated heterocycles. The predicted molar refractivity (Wildman–Crippen MR) is 78.3 cm³/mol. The molecule has 0 amide bonds. The van der Waals surface area contributed by atoms with Gasteiger partial charge in [0.05, 0.1) is 0 Å². The van der Waals surface area contributed by atoms with Gasteiger partial charge in [-0.2, -0.15) is 0 Å². The third-order valence-corrected chi connectivity index (χ3v) is 4.97. The van der Waals surface area contributed by atoms with Crippen LogP contribution in [0.3, 0.4) is 0 Å². The lowest BCUT2D eigenvalue weighted by Crippen LogP contribution is -2.08. The third-order valence-electron chi connectivity index (χ3n) is 4.97. The fourth-order valence-electron chi connectivity index (χ4n) is 3.54. The molecule has 1 aliphatic carbocycles. The zero-order valence-corrected chi connectivity index (χ0v) is 12.7. The van der Waals surface area contributed by atoms with E-state index in [1.165, 1.54) is 64.2 Å². The van der Waals surface area contributed by atoms with Crippen LogP contribution < -0.4 is 0 Å². The minimum atomic E-state index is 0.738. The molecule has 3 unspecified atom stereocenters. The SMILES string of the molecule is CCCCCCC1CC1(C)CC(CC)CCC. The van der Waals surface area contributed by atoms with Crippen molar-refractivity contribution in [3.8, 4) is 0 Å². The molecule has 0 heteroatoms. The van der Waals surface area contributed by atoms with E-state index in [1.807, 2.05) is 0 Å². The highest BCUT2D eigenvalue weighted by Gasteiger charge is 2.49. The summed E-state index contributed by atoms with van der Waals surface area (Å²) in [5, 5.41) is 0. The zero-order valence-electron chi connectivity index (χ0n) is 12.7. The molecule has 3 atom stereocenters. The molecule has 1 rings (SSSR count). The quantitative estimate of drug-likeness (QED) is 0.397. The van der Waals surface area contributed by atoms with E-state index in [-0.39, 0.29) is 0 Å². The smallest absolute Gasteiger partial charge is 0.0292 e. The van der Waals surface area contributed by atoms with E-state index in [9.17, 15) is 0 Å². The van der Waals surface area contributed by atoms with Crippen molar-refractivity contribution >= 4 is 0 Å². The molecule has 0 bridgehead atoms. The number of hydrogen-bond donors (Lipinski definition) is 0. The van der Waals surface area contributed by atoms with Crippen LogP contribution in [0.15, 0.2) is 0 Å². The summed E-state index contributed by atoms with van der Waals surface area (Å²) in [5.74, 6) is 2.08. The summed E-state index contributed by atoms with van der Waals surface area (Å²) in [6.07, 6.45) is 14.5. The molecule has 17 heavy (non-hydrogen) atoms. The van der Waals surface area contributed by atoms with Gasteiger partial charge in [0.15, 0.2) is 0 Å². The molecule has 1 fully saturated rings. The number of rotatable bonds is 10. The van der Waals surface area contributed by atoms with Gasteiger partial charge in [-0.15, -0.1) is 0 Å². The molecule has 0 N–H and O–H groups in total. The normalized spacial score (nSPS) is 29.3. The van der Waals surface area contributed by atoms with Gasteiger partial charge in [-0.25, -0.2) is 0 Å². The Morgan fingerprint density at radius 1 is 1.06 bits per heavy atom. The highest BCUT2D eigenvalue weighted by atomic mass is 14.5. The lowest BCUT2D eigenvalue weighted by Gasteiger charge is -2.19. The molecule has 1 aliphatic rings. The topological polar surface area (TPSA) is 0 Å². The Morgan fingerprint density at radius 3 is 2.41 bits per heavy atom. The van der Waals surface area contributed by atoms with E-state index in [2.05, 4.69) is 27.7 Å². The number of unbranched alkanes of at least 4 members (excludes halogenated alkanes) is 3. The lowest BCUT2D eigenvalue weighted by molar-refractivity contribution is 0.317. The second-order valence-corrected chi connectivity index (χ2v) is 6.67. The van der Waals surface area contributed by atoms with Crippen LogP contribution in [0.1, 0.15) is 91.9 Å². The van der Waals surface area contributed by atoms with Crippen LogP contribution in [0.2, 0.25) is 0 Å². The lowest BCUT2D eigenvalue weighted by atomic mass is 9.86. The van der Waals surface area contributed by atoms with Gasteiger partial charge in [0.1, 0.15) is 0 Å². The first kappa shape index (κ1) is 15.1. The fourth-order valence-corrected chi connectivity index (χ4v) is 3.54. The molecule has 0 nitrogen and oxygen atoms in total. The van der Waals surface area contributed by atoms with Gasteiger partial charge in [0, 0.05) is 0 Å². The highest BCUT2D eigenvalue weighted by Crippen LogP contribution is 2.59. The van der Waals surface area contributed by atoms with Crippen LogP contribution in [-0.2, 0) is 0 Å². The summed E-state index contributed by atoms with van der Waals surface area (Å²) in [6.45, 7) is 9.57. The van der Waals surface area contributed by atoms with Crippen LogP contribution in [0.4, 0.5) is 0 Å². The first-order valence-electron chi connectivity index (χ1n) is 8.16. The Kier molecular flexibility index (Phi) is 6.59. The molecule has 0 aliphatic heterocycles. The van der Waals surface area contributed by atoms with E-state index < -0.39 is 0 Å². The average Bonchev–Trinajstić information content (AvgIpc) is 2.95. The van der Waals surface area contributed by atoms with Crippen molar-refractivity contribution in [2.75, 3.05) is 0 Å². The maximum atomic E-state index is 2.55. The van der Waals surface area contributed by atoms with Crippen molar-refractivity contribution in [1.82, 2.24) is 0 Å². The van der Waals surface area contributed by atoms with E-state index in [4.69, 9.17) is 0 Å². The largest absolute Gasteiger partial charge is 0.0654 e. The summed E-state index contributed by atoms with van der Waals surface area (Å²) in [7, 11) is 0. The third kappa shape index (κ3) is 5.02. The maximum Gasteiger partial charge on any atom is -0.0292 e. The van der Waals surface area contributed by atoms with Gasteiger partial charge < -0.3 is 0 Å². The summed E-state index contributed by atoms with van der Waals surface area (Å²) < 4.78 is 0. The second-order valence-electron chi connectivity index (χ2n) is 6.67. The zero-order chi connectivity index (χ0) is 12.7. The number of hydrogen-bond acceptors (Lipinski definition) is 0. The molecular weight excluding hydrogens is 204 g/mol. The van der Waals surface area contributed by atoms with Crippen molar-refractivity contribution in [3.05, 3.63) is 0 Å². The summed E-state index contributed by atoms with van der Waals surface area (Å²) in [4.78, 5) is 0. The highest BCUT2D eigenvalue weighted by molar-refractivity contribution is 4.99. The Morgan fingerprint density at radius 2 is 1.82 bits per heavy atom. The van der Waals surface area contributed by atoms with E-state index >= 15 is 0 Å². The summed E-state index contributed by atoms with van der Waals surface area (Å²) in [6, 6.07) is 0. The van der Waals surface area contributed by atoms with Gasteiger partial charge in [-0.1, -0.05) is 72.6 Å². The first-order chi connectivity index (χ1) is 8.16. The average molecular weight is 238 g/mol. The van der Waals surface area contributed by atoms with Crippen molar-refractivity contribution in [1.29, 1.82) is 0 Å². The van der Waals surface area contributed by atoms with Crippen LogP contribution in [0.25, 0.3) is 0 Å². The van der Waals surface area contributed by atoms with E-state index in [1.54, 1.807) is 0 Å². The molecule has 0 aromatic rings. The maximum absolute atomic E-state index is 2.55. The van der Waals surface area contributed by atoms with Crippen LogP contribution >= 0.6 is 0 Å². The van der Waals surface area contributed by atoms with Gasteiger partial charge in [0.25, 0.3) is 0 Å². The molecule has 0 spiro atoms. The summed E-state index contributed by atoms with van der Waals surface area (Å²) >= 11 is 0. The van der Waals surface area contributed by atoms with Gasteiger partial charge in [-0.05, 0) is 36.5 Å². The molecular formula is C17H34. The van der Waals surface area contributed by atoms with Crippen LogP contribution in [0.5, 0.6) is 0 Å². The predicted octanol–water partition coefficient (Wildman–Crippen LogP) is 6.20. The van der Waals surface area contributed by atoms with Crippen molar-refractivity contribution < 1.29 is 0 Å². The van der Waals surface area contributed by atoms with Crippen molar-refractivity contribution in [2.24, 2.45) is 17.3 Å². The second kappa shape index (κ2) is 7.44. The van der Waals surface area contributed by atoms with Gasteiger partial charge >= 0.3 is 0 Å². The van der Waals surface area contributed by atoms with Crippen LogP contribution in [-0.4, -0.2) is 0 Å². The molecule has 102 valence electrons. The Balaban J connectivity index is 2.17. The minimum absolute atomic E-state index is 0.738. The van der Waals surface area contributed by atoms with E-state index in [0.717, 1.165) is 17.3 Å². The molecule has 0 radical (unpaired) electrons. The fraction of sp³-hybridized carbons (Fsp3) is 1.00. The molecule has 0 aromatic carbocycles. The summed E-state index contributed by atoms with van der Waals surface area (Å²) in [5.41, 5.74) is 0.738. The Hall–Kier alpha value is 0. The standard InChI is InChI=1S/C17H34/c1-5-8-9-10-12-16-14-17(16,4)13-15(7-3)11-6-2/h15-16H,5-14H2,1-4H3. The van der Waals surface area contributed by atoms with Crippen molar-refractivity contribution in [2.45, 2.75) is 91.9 Å². The first-order valence-corrected chi connectivity index (χ1v) is 8.16. The van der Waals surface area contributed by atoms with Crippen molar-refractivity contribution in [3.63, 3.8) is 0 Å². The Labute approximate surface area is 110 Å².